The highest BCUT2D eigenvalue weighted by Crippen LogP contribution is 2.48. The van der Waals surface area contributed by atoms with Crippen LogP contribution in [0.1, 0.15) is 25.7 Å². The Labute approximate surface area is 94.7 Å². The minimum atomic E-state index is 0.295. The number of nitrogens with zero attached hydrogens (tertiary/aromatic N) is 1. The van der Waals surface area contributed by atoms with Gasteiger partial charge in [-0.2, -0.15) is 11.8 Å². The van der Waals surface area contributed by atoms with E-state index in [1.165, 1.54) is 30.8 Å². The monoisotopic (exact) mass is 229 g/mol. The molecule has 15 heavy (non-hydrogen) atoms. The van der Waals surface area contributed by atoms with Gasteiger partial charge >= 0.3 is 0 Å². The average molecular weight is 229 g/mol. The lowest BCUT2D eigenvalue weighted by Gasteiger charge is -2.18. The van der Waals surface area contributed by atoms with Crippen LogP contribution in [0.3, 0.4) is 0 Å². The van der Waals surface area contributed by atoms with E-state index in [1.807, 2.05) is 11.8 Å². The first-order chi connectivity index (χ1) is 7.24. The normalized spacial score (nSPS) is 29.3. The summed E-state index contributed by atoms with van der Waals surface area (Å²) in [5, 5.41) is 15.2. The standard InChI is InChI=1S/C10H19N3OS/c11-9(13-14)5-10(2-3-10)7-12-8-1-4-15-6-8/h8,12,14H,1-7H2,(H2,11,13). The number of nitrogens with two attached hydrogens (primary N) is 1. The topological polar surface area (TPSA) is 70.6 Å². The van der Waals surface area contributed by atoms with Crippen LogP contribution in [-0.2, 0) is 0 Å². The zero-order valence-electron chi connectivity index (χ0n) is 8.91. The quantitative estimate of drug-likeness (QED) is 0.285. The first-order valence-corrected chi connectivity index (χ1v) is 6.67. The Morgan fingerprint density at radius 2 is 2.40 bits per heavy atom. The summed E-state index contributed by atoms with van der Waals surface area (Å²) < 4.78 is 0. The number of thioether (sulfide) groups is 1. The molecule has 0 aromatic heterocycles. The molecule has 1 saturated heterocycles. The van der Waals surface area contributed by atoms with Crippen molar-refractivity contribution in [1.82, 2.24) is 5.32 Å². The summed E-state index contributed by atoms with van der Waals surface area (Å²) >= 11 is 2.02. The van der Waals surface area contributed by atoms with Crippen LogP contribution in [0.15, 0.2) is 5.16 Å². The Hall–Kier alpha value is -0.420. The van der Waals surface area contributed by atoms with Gasteiger partial charge in [0.15, 0.2) is 0 Å². The maximum atomic E-state index is 8.54. The third kappa shape index (κ3) is 3.01. The summed E-state index contributed by atoms with van der Waals surface area (Å²) in [6.07, 6.45) is 4.42. The second-order valence-corrected chi connectivity index (χ2v) is 5.86. The third-order valence-corrected chi connectivity index (χ3v) is 4.50. The highest BCUT2D eigenvalue weighted by atomic mass is 32.2. The van der Waals surface area contributed by atoms with Crippen molar-refractivity contribution in [3.8, 4) is 0 Å². The molecular formula is C10H19N3OS. The zero-order chi connectivity index (χ0) is 10.7. The van der Waals surface area contributed by atoms with Crippen LogP contribution < -0.4 is 11.1 Å². The van der Waals surface area contributed by atoms with E-state index in [1.54, 1.807) is 0 Å². The van der Waals surface area contributed by atoms with E-state index < -0.39 is 0 Å². The fourth-order valence-electron chi connectivity index (χ4n) is 2.07. The van der Waals surface area contributed by atoms with Crippen molar-refractivity contribution < 1.29 is 5.21 Å². The van der Waals surface area contributed by atoms with Gasteiger partial charge in [-0.05, 0) is 30.4 Å². The average Bonchev–Trinajstić information content (AvgIpc) is 2.81. The van der Waals surface area contributed by atoms with Crippen LogP contribution in [0, 0.1) is 5.41 Å². The number of amidine groups is 1. The second-order valence-electron chi connectivity index (χ2n) is 4.71. The van der Waals surface area contributed by atoms with Crippen molar-refractivity contribution in [2.75, 3.05) is 18.1 Å². The lowest BCUT2D eigenvalue weighted by molar-refractivity contribution is 0.313. The smallest absolute Gasteiger partial charge is 0.139 e. The molecule has 0 amide bonds. The van der Waals surface area contributed by atoms with E-state index in [2.05, 4.69) is 10.5 Å². The molecule has 0 radical (unpaired) electrons. The summed E-state index contributed by atoms with van der Waals surface area (Å²) in [5.74, 6) is 2.89. The van der Waals surface area contributed by atoms with Crippen molar-refractivity contribution >= 4 is 17.6 Å². The maximum absolute atomic E-state index is 8.54. The SMILES string of the molecule is NC(CC1(CNC2CCSC2)CC1)=NO. The predicted octanol–water partition coefficient (Wildman–Crippen LogP) is 0.998. The maximum Gasteiger partial charge on any atom is 0.139 e. The van der Waals surface area contributed by atoms with Crippen LogP contribution in [0.2, 0.25) is 0 Å². The molecule has 0 bridgehead atoms. The highest BCUT2D eigenvalue weighted by molar-refractivity contribution is 7.99. The molecule has 2 aliphatic rings. The highest BCUT2D eigenvalue weighted by Gasteiger charge is 2.43. The van der Waals surface area contributed by atoms with E-state index in [0.717, 1.165) is 13.0 Å². The molecule has 1 atom stereocenters. The van der Waals surface area contributed by atoms with Crippen LogP contribution >= 0.6 is 11.8 Å². The fourth-order valence-corrected chi connectivity index (χ4v) is 3.26. The molecule has 2 fully saturated rings. The van der Waals surface area contributed by atoms with Gasteiger partial charge in [-0.15, -0.1) is 0 Å². The molecule has 1 aliphatic heterocycles. The van der Waals surface area contributed by atoms with Gasteiger partial charge in [0.1, 0.15) is 5.84 Å². The number of oxime groups is 1. The summed E-state index contributed by atoms with van der Waals surface area (Å²) in [7, 11) is 0. The van der Waals surface area contributed by atoms with Crippen LogP contribution in [0.25, 0.3) is 0 Å². The van der Waals surface area contributed by atoms with E-state index >= 15 is 0 Å². The van der Waals surface area contributed by atoms with Crippen LogP contribution in [0.5, 0.6) is 0 Å². The molecule has 2 rings (SSSR count). The Balaban J connectivity index is 1.73. The predicted molar refractivity (Wildman–Crippen MR) is 63.4 cm³/mol. The van der Waals surface area contributed by atoms with Crippen molar-refractivity contribution in [2.45, 2.75) is 31.7 Å². The molecule has 0 aromatic carbocycles. The molecule has 1 saturated carbocycles. The number of hydrogen-bond donors (Lipinski definition) is 3. The third-order valence-electron chi connectivity index (χ3n) is 3.34. The van der Waals surface area contributed by atoms with Gasteiger partial charge in [0.25, 0.3) is 0 Å². The van der Waals surface area contributed by atoms with Crippen molar-refractivity contribution in [3.05, 3.63) is 0 Å². The Bertz CT molecular complexity index is 247. The summed E-state index contributed by atoms with van der Waals surface area (Å²) in [4.78, 5) is 0. The number of hydrogen-bond acceptors (Lipinski definition) is 4. The number of rotatable bonds is 5. The van der Waals surface area contributed by atoms with Crippen LogP contribution in [0.4, 0.5) is 0 Å². The van der Waals surface area contributed by atoms with Crippen molar-refractivity contribution in [1.29, 1.82) is 0 Å². The Kier molecular flexibility index (Phi) is 3.41. The minimum Gasteiger partial charge on any atom is -0.409 e. The lowest BCUT2D eigenvalue weighted by Crippen LogP contribution is -2.35. The van der Waals surface area contributed by atoms with Crippen LogP contribution in [-0.4, -0.2) is 35.1 Å². The van der Waals surface area contributed by atoms with Crippen molar-refractivity contribution in [3.63, 3.8) is 0 Å². The van der Waals surface area contributed by atoms with E-state index in [-0.39, 0.29) is 0 Å². The van der Waals surface area contributed by atoms with Gasteiger partial charge in [-0.25, -0.2) is 0 Å². The molecule has 5 heteroatoms. The molecule has 1 heterocycles. The summed E-state index contributed by atoms with van der Waals surface area (Å²) in [6.45, 7) is 1.02. The molecule has 0 aromatic rings. The van der Waals surface area contributed by atoms with Gasteiger partial charge in [0.05, 0.1) is 0 Å². The molecule has 4 N–H and O–H groups in total. The first-order valence-electron chi connectivity index (χ1n) is 5.52. The van der Waals surface area contributed by atoms with Crippen molar-refractivity contribution in [2.24, 2.45) is 16.3 Å². The number of nitrogens with one attached hydrogen (secondary N) is 1. The molecule has 1 unspecified atom stereocenters. The minimum absolute atomic E-state index is 0.295. The molecule has 86 valence electrons. The van der Waals surface area contributed by atoms with Gasteiger partial charge in [-0.1, -0.05) is 5.16 Å². The summed E-state index contributed by atoms with van der Waals surface area (Å²) in [6, 6.07) is 0.680. The molecule has 0 spiro atoms. The molecular weight excluding hydrogens is 210 g/mol. The van der Waals surface area contributed by atoms with E-state index in [4.69, 9.17) is 10.9 Å². The molecule has 4 nitrogen and oxygen atoms in total. The van der Waals surface area contributed by atoms with Gasteiger partial charge in [0.2, 0.25) is 0 Å². The largest absolute Gasteiger partial charge is 0.409 e. The molecule has 1 aliphatic carbocycles. The zero-order valence-corrected chi connectivity index (χ0v) is 9.72. The Morgan fingerprint density at radius 1 is 1.60 bits per heavy atom. The Morgan fingerprint density at radius 3 is 2.93 bits per heavy atom. The summed E-state index contributed by atoms with van der Waals surface area (Å²) in [5.41, 5.74) is 5.85. The first kappa shape index (κ1) is 11.1. The fraction of sp³-hybridized carbons (Fsp3) is 0.900. The van der Waals surface area contributed by atoms with E-state index in [0.29, 0.717) is 17.3 Å². The van der Waals surface area contributed by atoms with Gasteiger partial charge in [-0.3, -0.25) is 0 Å². The lowest BCUT2D eigenvalue weighted by atomic mass is 10.0. The second kappa shape index (κ2) is 4.61. The van der Waals surface area contributed by atoms with Gasteiger partial charge < -0.3 is 16.3 Å². The van der Waals surface area contributed by atoms with E-state index in [9.17, 15) is 0 Å². The van der Waals surface area contributed by atoms with Gasteiger partial charge in [0, 0.05) is 24.8 Å².